The third-order valence-electron chi connectivity index (χ3n) is 4.12. The van der Waals surface area contributed by atoms with Crippen molar-refractivity contribution in [2.24, 2.45) is 0 Å². The number of H-pyrrole nitrogens is 1. The highest BCUT2D eigenvalue weighted by Gasteiger charge is 2.26. The highest BCUT2D eigenvalue weighted by Crippen LogP contribution is 2.32. The van der Waals surface area contributed by atoms with Gasteiger partial charge >= 0.3 is 0 Å². The van der Waals surface area contributed by atoms with Crippen LogP contribution in [0, 0.1) is 6.92 Å². The number of anilines is 2. The lowest BCUT2D eigenvalue weighted by Gasteiger charge is -2.32. The molecule has 1 aliphatic rings. The molecule has 3 rings (SSSR count). The third-order valence-corrected chi connectivity index (χ3v) is 4.12. The summed E-state index contributed by atoms with van der Waals surface area (Å²) < 4.78 is 5.25. The number of nitrogens with one attached hydrogen (secondary N) is 2. The number of rotatable bonds is 4. The van der Waals surface area contributed by atoms with Crippen molar-refractivity contribution in [3.05, 3.63) is 23.7 Å². The number of carbonyl (C=O) groups excluding carboxylic acids is 1. The van der Waals surface area contributed by atoms with Gasteiger partial charge in [-0.3, -0.25) is 9.89 Å². The summed E-state index contributed by atoms with van der Waals surface area (Å²) in [7, 11) is 1.61. The smallest absolute Gasteiger partial charge is 0.228 e. The van der Waals surface area contributed by atoms with Crippen molar-refractivity contribution in [2.75, 3.05) is 30.4 Å². The van der Waals surface area contributed by atoms with Crippen LogP contribution in [-0.4, -0.2) is 46.3 Å². The molecule has 2 aromatic rings. The molecular formula is C16H22N6O2. The van der Waals surface area contributed by atoms with E-state index in [-0.39, 0.29) is 11.8 Å². The maximum Gasteiger partial charge on any atom is 0.228 e. The molecule has 1 atom stereocenters. The topological polar surface area (TPSA) is 96.0 Å². The number of amides is 1. The Labute approximate surface area is 140 Å². The molecule has 8 nitrogen and oxygen atoms in total. The SMILES string of the molecule is COc1cc(C)nc(N2CCCC(c3[nH]ncc3NC(C)=O)C2)n1. The molecule has 1 saturated heterocycles. The van der Waals surface area contributed by atoms with Gasteiger partial charge in [0.2, 0.25) is 17.7 Å². The van der Waals surface area contributed by atoms with E-state index in [1.165, 1.54) is 6.92 Å². The molecule has 1 amide bonds. The van der Waals surface area contributed by atoms with Gasteiger partial charge in [0.15, 0.2) is 0 Å². The number of aromatic amines is 1. The summed E-state index contributed by atoms with van der Waals surface area (Å²) in [6, 6.07) is 1.81. The van der Waals surface area contributed by atoms with E-state index in [4.69, 9.17) is 4.74 Å². The quantitative estimate of drug-likeness (QED) is 0.888. The van der Waals surface area contributed by atoms with Crippen LogP contribution >= 0.6 is 0 Å². The number of methoxy groups -OCH3 is 1. The molecule has 0 bridgehead atoms. The summed E-state index contributed by atoms with van der Waals surface area (Å²) in [5.41, 5.74) is 2.58. The van der Waals surface area contributed by atoms with Crippen LogP contribution in [0.5, 0.6) is 5.88 Å². The molecule has 24 heavy (non-hydrogen) atoms. The maximum atomic E-state index is 11.3. The minimum absolute atomic E-state index is 0.0999. The van der Waals surface area contributed by atoms with Crippen LogP contribution in [0.4, 0.5) is 11.6 Å². The summed E-state index contributed by atoms with van der Waals surface area (Å²) in [4.78, 5) is 22.5. The fourth-order valence-corrected chi connectivity index (χ4v) is 3.06. The van der Waals surface area contributed by atoms with E-state index in [1.807, 2.05) is 13.0 Å². The Morgan fingerprint density at radius 1 is 1.46 bits per heavy atom. The summed E-state index contributed by atoms with van der Waals surface area (Å²) in [5, 5.41) is 9.94. The van der Waals surface area contributed by atoms with Crippen molar-refractivity contribution in [1.82, 2.24) is 20.2 Å². The second-order valence-electron chi connectivity index (χ2n) is 6.02. The predicted molar refractivity (Wildman–Crippen MR) is 90.4 cm³/mol. The number of carbonyl (C=O) groups is 1. The Morgan fingerprint density at radius 2 is 2.29 bits per heavy atom. The Morgan fingerprint density at radius 3 is 3.04 bits per heavy atom. The third kappa shape index (κ3) is 3.47. The standard InChI is InChI=1S/C16H22N6O2/c1-10-7-14(24-3)20-16(18-10)22-6-4-5-12(9-22)15-13(8-17-21-15)19-11(2)23/h7-8,12H,4-6,9H2,1-3H3,(H,17,21)(H,19,23). The number of aromatic nitrogens is 4. The van der Waals surface area contributed by atoms with Gasteiger partial charge in [-0.15, -0.1) is 0 Å². The van der Waals surface area contributed by atoms with E-state index >= 15 is 0 Å². The molecule has 1 unspecified atom stereocenters. The van der Waals surface area contributed by atoms with Crippen LogP contribution in [-0.2, 0) is 4.79 Å². The van der Waals surface area contributed by atoms with Crippen LogP contribution in [0.25, 0.3) is 0 Å². The van der Waals surface area contributed by atoms with E-state index < -0.39 is 0 Å². The number of ether oxygens (including phenoxy) is 1. The van der Waals surface area contributed by atoms with Crippen molar-refractivity contribution >= 4 is 17.5 Å². The van der Waals surface area contributed by atoms with Gasteiger partial charge in [0.25, 0.3) is 0 Å². The molecule has 0 aromatic carbocycles. The average molecular weight is 330 g/mol. The fourth-order valence-electron chi connectivity index (χ4n) is 3.06. The van der Waals surface area contributed by atoms with Crippen LogP contribution in [0.15, 0.2) is 12.3 Å². The first-order valence-corrected chi connectivity index (χ1v) is 8.02. The molecule has 0 aliphatic carbocycles. The number of nitrogens with zero attached hydrogens (tertiary/aromatic N) is 4. The monoisotopic (exact) mass is 330 g/mol. The van der Waals surface area contributed by atoms with Crippen molar-refractivity contribution in [2.45, 2.75) is 32.6 Å². The van der Waals surface area contributed by atoms with Gasteiger partial charge in [0.1, 0.15) is 0 Å². The van der Waals surface area contributed by atoms with E-state index in [9.17, 15) is 4.79 Å². The van der Waals surface area contributed by atoms with Gasteiger partial charge in [0.05, 0.1) is 24.7 Å². The minimum Gasteiger partial charge on any atom is -0.481 e. The first kappa shape index (κ1) is 16.2. The average Bonchev–Trinajstić information content (AvgIpc) is 3.01. The Hall–Kier alpha value is -2.64. The maximum absolute atomic E-state index is 11.3. The molecule has 2 N–H and O–H groups in total. The highest BCUT2D eigenvalue weighted by molar-refractivity contribution is 5.89. The summed E-state index contributed by atoms with van der Waals surface area (Å²) >= 11 is 0. The zero-order valence-corrected chi connectivity index (χ0v) is 14.2. The minimum atomic E-state index is -0.0999. The van der Waals surface area contributed by atoms with E-state index in [2.05, 4.69) is 30.4 Å². The number of hydrogen-bond donors (Lipinski definition) is 2. The fraction of sp³-hybridized carbons (Fsp3) is 0.500. The zero-order chi connectivity index (χ0) is 17.1. The first-order valence-electron chi connectivity index (χ1n) is 8.02. The second-order valence-corrected chi connectivity index (χ2v) is 6.02. The first-order chi connectivity index (χ1) is 11.6. The molecule has 1 aliphatic heterocycles. The van der Waals surface area contributed by atoms with Crippen LogP contribution in [0.2, 0.25) is 0 Å². The molecule has 0 spiro atoms. The number of aryl methyl sites for hydroxylation is 1. The Balaban J connectivity index is 1.81. The number of piperidine rings is 1. The van der Waals surface area contributed by atoms with Crippen molar-refractivity contribution in [3.8, 4) is 5.88 Å². The molecule has 1 fully saturated rings. The molecule has 0 saturated carbocycles. The highest BCUT2D eigenvalue weighted by atomic mass is 16.5. The van der Waals surface area contributed by atoms with E-state index in [1.54, 1.807) is 13.3 Å². The number of hydrogen-bond acceptors (Lipinski definition) is 6. The van der Waals surface area contributed by atoms with E-state index in [0.717, 1.165) is 43.0 Å². The van der Waals surface area contributed by atoms with Crippen LogP contribution in [0.1, 0.15) is 37.1 Å². The molecule has 128 valence electrons. The zero-order valence-electron chi connectivity index (χ0n) is 14.2. The van der Waals surface area contributed by atoms with Gasteiger partial charge in [0, 0.05) is 37.7 Å². The van der Waals surface area contributed by atoms with Crippen molar-refractivity contribution < 1.29 is 9.53 Å². The van der Waals surface area contributed by atoms with Gasteiger partial charge in [-0.25, -0.2) is 4.98 Å². The lowest BCUT2D eigenvalue weighted by molar-refractivity contribution is -0.114. The lowest BCUT2D eigenvalue weighted by Crippen LogP contribution is -2.36. The second kappa shape index (κ2) is 6.86. The lowest BCUT2D eigenvalue weighted by atomic mass is 9.94. The summed E-state index contributed by atoms with van der Waals surface area (Å²) in [6.45, 7) is 5.09. The van der Waals surface area contributed by atoms with E-state index in [0.29, 0.717) is 11.8 Å². The Kier molecular flexibility index (Phi) is 4.64. The molecular weight excluding hydrogens is 308 g/mol. The van der Waals surface area contributed by atoms with Gasteiger partial charge in [-0.1, -0.05) is 0 Å². The predicted octanol–water partition coefficient (Wildman–Crippen LogP) is 1.86. The Bertz CT molecular complexity index is 729. The largest absolute Gasteiger partial charge is 0.481 e. The molecule has 3 heterocycles. The van der Waals surface area contributed by atoms with Crippen molar-refractivity contribution in [1.29, 1.82) is 0 Å². The van der Waals surface area contributed by atoms with Crippen LogP contribution < -0.4 is 15.0 Å². The molecule has 0 radical (unpaired) electrons. The molecule has 2 aromatic heterocycles. The summed E-state index contributed by atoms with van der Waals surface area (Å²) in [6.07, 6.45) is 3.69. The van der Waals surface area contributed by atoms with Crippen LogP contribution in [0.3, 0.4) is 0 Å². The van der Waals surface area contributed by atoms with Gasteiger partial charge in [-0.2, -0.15) is 10.1 Å². The summed E-state index contributed by atoms with van der Waals surface area (Å²) in [5.74, 6) is 1.38. The normalized spacial score (nSPS) is 17.6. The van der Waals surface area contributed by atoms with Gasteiger partial charge < -0.3 is 15.0 Å². The molecule has 8 heteroatoms. The van der Waals surface area contributed by atoms with Gasteiger partial charge in [-0.05, 0) is 19.8 Å². The van der Waals surface area contributed by atoms with Crippen molar-refractivity contribution in [3.63, 3.8) is 0 Å².